The van der Waals surface area contributed by atoms with E-state index in [-0.39, 0.29) is 16.7 Å². The molecular formula is C45H25F8NO2S5. The van der Waals surface area contributed by atoms with Crippen LogP contribution in [0.5, 0.6) is 0 Å². The number of benzene rings is 7. The lowest BCUT2D eigenvalue weighted by molar-refractivity contribution is 0.390. The minimum atomic E-state index is -6.23. The summed E-state index contributed by atoms with van der Waals surface area (Å²) in [6.45, 7) is 0.573. The molecule has 0 heterocycles. The third-order valence-electron chi connectivity index (χ3n) is 9.26. The number of sulfone groups is 1. The zero-order valence-electron chi connectivity index (χ0n) is 31.3. The van der Waals surface area contributed by atoms with Crippen LogP contribution in [-0.2, 0) is 9.84 Å². The van der Waals surface area contributed by atoms with Gasteiger partial charge in [0, 0.05) is 34.9 Å². The highest BCUT2D eigenvalue weighted by Crippen LogP contribution is 2.42. The predicted molar refractivity (Wildman–Crippen MR) is 222 cm³/mol. The van der Waals surface area contributed by atoms with Gasteiger partial charge in [-0.15, -0.1) is 11.8 Å². The Morgan fingerprint density at radius 1 is 0.459 bits per heavy atom. The third kappa shape index (κ3) is 8.67. The molecule has 0 fully saturated rings. The van der Waals surface area contributed by atoms with Crippen molar-refractivity contribution in [1.82, 2.24) is 0 Å². The lowest BCUT2D eigenvalue weighted by Crippen LogP contribution is -2.17. The van der Waals surface area contributed by atoms with E-state index in [0.717, 1.165) is 36.3 Å². The van der Waals surface area contributed by atoms with Crippen LogP contribution in [0.4, 0.5) is 35.1 Å². The lowest BCUT2D eigenvalue weighted by atomic mass is 10.1. The molecule has 0 amide bonds. The number of hydrogen-bond donors (Lipinski definition) is 0. The Balaban J connectivity index is 1.05. The Kier molecular flexibility index (Phi) is 13.0. The number of nitrogens with zero attached hydrogens (tertiary/aromatic N) is 1. The van der Waals surface area contributed by atoms with Crippen molar-refractivity contribution in [2.75, 3.05) is 6.26 Å². The van der Waals surface area contributed by atoms with Crippen LogP contribution >= 0.6 is 47.0 Å². The Morgan fingerprint density at radius 3 is 1.13 bits per heavy atom. The largest absolute Gasteiger partial charge is 0.218 e. The topological polar surface area (TPSA) is 57.9 Å². The molecule has 0 saturated carbocycles. The summed E-state index contributed by atoms with van der Waals surface area (Å²) in [6, 6.07) is 37.6. The molecule has 0 aliphatic rings. The summed E-state index contributed by atoms with van der Waals surface area (Å²) in [5, 5.41) is 10.2. The van der Waals surface area contributed by atoms with Crippen molar-refractivity contribution in [2.45, 2.75) is 51.0 Å². The summed E-state index contributed by atoms with van der Waals surface area (Å²) >= 11 is 4.76. The highest BCUT2D eigenvalue weighted by atomic mass is 32.2. The first-order chi connectivity index (χ1) is 29.1. The van der Waals surface area contributed by atoms with Gasteiger partial charge in [0.15, 0.2) is 46.5 Å². The first kappa shape index (κ1) is 43.9. The summed E-state index contributed by atoms with van der Waals surface area (Å²) in [5.74, 6) is -19.0. The molecule has 0 bridgehead atoms. The number of rotatable bonds is 11. The molecule has 0 unspecified atom stereocenters. The molecule has 0 N–H and O–H groups in total. The maximum atomic E-state index is 15.2. The first-order valence-corrected chi connectivity index (χ1v) is 22.8. The number of halogens is 8. The lowest BCUT2D eigenvalue weighted by Gasteiger charge is -2.14. The van der Waals surface area contributed by atoms with Crippen molar-refractivity contribution in [2.24, 2.45) is 0 Å². The van der Waals surface area contributed by atoms with Crippen molar-refractivity contribution >= 4 is 56.9 Å². The number of thioether (sulfide) groups is 1. The molecule has 7 aromatic carbocycles. The van der Waals surface area contributed by atoms with Gasteiger partial charge in [-0.1, -0.05) is 89.9 Å². The summed E-state index contributed by atoms with van der Waals surface area (Å²) < 4.78 is 144. The van der Waals surface area contributed by atoms with Gasteiger partial charge >= 0.3 is 0 Å². The Morgan fingerprint density at radius 2 is 0.787 bits per heavy atom. The minimum absolute atomic E-state index is 0.0570. The van der Waals surface area contributed by atoms with Crippen molar-refractivity contribution < 1.29 is 43.5 Å². The van der Waals surface area contributed by atoms with E-state index in [0.29, 0.717) is 18.1 Å². The molecule has 0 aliphatic carbocycles. The Bertz CT molecular complexity index is 2920. The fraction of sp³-hybridized carbons (Fsp3) is 0.0444. The maximum absolute atomic E-state index is 15.2. The van der Waals surface area contributed by atoms with Crippen molar-refractivity contribution in [3.05, 3.63) is 173 Å². The normalized spacial score (nSPS) is 11.5. The summed E-state index contributed by atoms with van der Waals surface area (Å²) in [4.78, 5) is -1.64. The summed E-state index contributed by atoms with van der Waals surface area (Å²) in [7, 11) is -6.23. The summed E-state index contributed by atoms with van der Waals surface area (Å²) in [6.07, 6.45) is 2.03. The molecule has 61 heavy (non-hydrogen) atoms. The SMILES string of the molecule is CSc1ccc(-c2ccc(Sc3cccc(Sc4ccc(-c5ccc(Sc6c(F)c(F)c(S(=O)(=O)c7c(F)c(F)c(C)c(F)c7F)c(F)c6F)cc5)cc4)c3C#N)cc2)cc1. The second-order valence-corrected chi connectivity index (χ2v) is 19.0. The molecule has 0 aromatic heterocycles. The van der Waals surface area contributed by atoms with Crippen molar-refractivity contribution in [3.63, 3.8) is 0 Å². The molecular weight excluding hydrogens is 899 g/mol. The number of hydrogen-bond acceptors (Lipinski definition) is 7. The Hall–Kier alpha value is -5.18. The van der Waals surface area contributed by atoms with Crippen LogP contribution in [0.3, 0.4) is 0 Å². The zero-order valence-corrected chi connectivity index (χ0v) is 35.4. The molecule has 0 saturated heterocycles. The van der Waals surface area contributed by atoms with Crippen LogP contribution < -0.4 is 0 Å². The average molecular weight is 924 g/mol. The monoisotopic (exact) mass is 923 g/mol. The van der Waals surface area contributed by atoms with E-state index < -0.39 is 76.6 Å². The van der Waals surface area contributed by atoms with Gasteiger partial charge in [-0.2, -0.15) is 5.26 Å². The van der Waals surface area contributed by atoms with Crippen LogP contribution in [0.25, 0.3) is 22.3 Å². The van der Waals surface area contributed by atoms with E-state index in [4.69, 9.17) is 0 Å². The van der Waals surface area contributed by atoms with Crippen LogP contribution in [0.2, 0.25) is 0 Å². The molecule has 7 aromatic rings. The molecule has 0 radical (unpaired) electrons. The van der Waals surface area contributed by atoms with Gasteiger partial charge in [0.05, 0.1) is 10.5 Å². The second kappa shape index (κ2) is 18.0. The average Bonchev–Trinajstić information content (AvgIpc) is 3.26. The van der Waals surface area contributed by atoms with Crippen LogP contribution in [0, 0.1) is 64.8 Å². The standard InChI is InChI=1S/C45H25F8NO2S5/c1-23-35(46)39(50)44(40(51)36(23)47)61(55,56)45-41(52)37(48)43(38(49)42(45)53)60-31-20-12-27(13-21-31)26-10-18-30(19-11-26)59-34-5-3-4-33(32(34)22-54)58-29-16-8-25(9-17-29)24-6-14-28(57-2)15-7-24/h3-21H,1-2H3. The van der Waals surface area contributed by atoms with E-state index in [2.05, 4.69) is 30.3 Å². The van der Waals surface area contributed by atoms with Gasteiger partial charge in [-0.25, -0.2) is 43.5 Å². The second-order valence-electron chi connectivity index (χ2n) is 13.0. The molecule has 308 valence electrons. The van der Waals surface area contributed by atoms with E-state index >= 15 is 17.6 Å². The van der Waals surface area contributed by atoms with E-state index in [9.17, 15) is 31.2 Å². The van der Waals surface area contributed by atoms with Crippen LogP contribution in [-0.4, -0.2) is 14.7 Å². The first-order valence-electron chi connectivity index (χ1n) is 17.6. The fourth-order valence-corrected chi connectivity index (χ4v) is 10.8. The molecule has 0 aliphatic heterocycles. The van der Waals surface area contributed by atoms with Crippen molar-refractivity contribution in [1.29, 1.82) is 5.26 Å². The molecule has 0 atom stereocenters. The highest BCUT2D eigenvalue weighted by Gasteiger charge is 2.40. The quantitative estimate of drug-likeness (QED) is 0.0728. The predicted octanol–water partition coefficient (Wildman–Crippen LogP) is 14.3. The maximum Gasteiger partial charge on any atom is 0.218 e. The van der Waals surface area contributed by atoms with Gasteiger partial charge in [0.25, 0.3) is 0 Å². The van der Waals surface area contributed by atoms with Gasteiger partial charge < -0.3 is 0 Å². The molecule has 0 spiro atoms. The molecule has 3 nitrogen and oxygen atoms in total. The Labute approximate surface area is 362 Å². The minimum Gasteiger partial charge on any atom is -0.218 e. The highest BCUT2D eigenvalue weighted by molar-refractivity contribution is 8.00. The van der Waals surface area contributed by atoms with E-state index in [1.807, 2.05) is 73.0 Å². The molecule has 16 heteroatoms. The van der Waals surface area contributed by atoms with Gasteiger partial charge in [-0.3, -0.25) is 0 Å². The van der Waals surface area contributed by atoms with Gasteiger partial charge in [0.1, 0.15) is 15.9 Å². The van der Waals surface area contributed by atoms with E-state index in [1.165, 1.54) is 40.6 Å². The van der Waals surface area contributed by atoms with E-state index in [1.54, 1.807) is 23.9 Å². The van der Waals surface area contributed by atoms with Gasteiger partial charge in [-0.05, 0) is 96.1 Å². The molecule has 7 rings (SSSR count). The fourth-order valence-electron chi connectivity index (χ4n) is 6.07. The number of nitriles is 1. The van der Waals surface area contributed by atoms with Gasteiger partial charge in [0.2, 0.25) is 9.84 Å². The van der Waals surface area contributed by atoms with Crippen LogP contribution in [0.1, 0.15) is 11.1 Å². The van der Waals surface area contributed by atoms with Crippen LogP contribution in [0.15, 0.2) is 159 Å². The third-order valence-corrected chi connectivity index (χ3v) is 15.0. The van der Waals surface area contributed by atoms with Crippen molar-refractivity contribution in [3.8, 4) is 28.3 Å². The summed E-state index contributed by atoms with van der Waals surface area (Å²) in [5.41, 5.74) is 2.81. The smallest absolute Gasteiger partial charge is 0.218 e. The zero-order chi connectivity index (χ0) is 43.7.